The van der Waals surface area contributed by atoms with Crippen LogP contribution in [-0.2, 0) is 16.2 Å². The Morgan fingerprint density at radius 1 is 1.21 bits per heavy atom. The van der Waals surface area contributed by atoms with Crippen LogP contribution >= 0.6 is 0 Å². The lowest BCUT2D eigenvalue weighted by Gasteiger charge is -2.09. The highest BCUT2D eigenvalue weighted by Gasteiger charge is 2.27. The van der Waals surface area contributed by atoms with Crippen molar-refractivity contribution >= 4 is 17.3 Å². The number of aromatic nitrogens is 3. The van der Waals surface area contributed by atoms with Gasteiger partial charge in [-0.2, -0.15) is 5.10 Å². The summed E-state index contributed by atoms with van der Waals surface area (Å²) in [5, 5.41) is 10.8. The Hall–Kier alpha value is -3.68. The third-order valence-electron chi connectivity index (χ3n) is 4.25. The predicted molar refractivity (Wildman–Crippen MR) is 103 cm³/mol. The van der Waals surface area contributed by atoms with Crippen molar-refractivity contribution < 1.29 is 14.4 Å². The molecule has 0 fully saturated rings. The Balaban J connectivity index is 1.31. The van der Waals surface area contributed by atoms with Crippen LogP contribution in [0.4, 0.5) is 5.69 Å². The topological polar surface area (TPSA) is 90.6 Å². The van der Waals surface area contributed by atoms with E-state index in [2.05, 4.69) is 20.6 Å². The zero-order valence-electron chi connectivity index (χ0n) is 15.1. The molecule has 1 aliphatic rings. The summed E-state index contributed by atoms with van der Waals surface area (Å²) in [6, 6.07) is 16.9. The zero-order valence-corrected chi connectivity index (χ0v) is 15.1. The molecule has 1 atom stereocenters. The highest BCUT2D eigenvalue weighted by molar-refractivity contribution is 6.43. The van der Waals surface area contributed by atoms with E-state index in [0.717, 1.165) is 5.56 Å². The van der Waals surface area contributed by atoms with Crippen LogP contribution in [0.3, 0.4) is 0 Å². The van der Waals surface area contributed by atoms with Crippen molar-refractivity contribution in [1.82, 2.24) is 14.8 Å². The average molecular weight is 377 g/mol. The van der Waals surface area contributed by atoms with Gasteiger partial charge in [0.1, 0.15) is 30.7 Å². The van der Waals surface area contributed by atoms with Gasteiger partial charge in [-0.25, -0.2) is 9.67 Å². The van der Waals surface area contributed by atoms with Gasteiger partial charge in [-0.15, -0.1) is 0 Å². The first-order valence-electron chi connectivity index (χ1n) is 8.92. The molecule has 1 aliphatic heterocycles. The molecule has 4 rings (SSSR count). The van der Waals surface area contributed by atoms with E-state index >= 15 is 0 Å². The number of amides is 1. The lowest BCUT2D eigenvalue weighted by molar-refractivity contribution is -0.110. The fourth-order valence-electron chi connectivity index (χ4n) is 2.83. The first-order chi connectivity index (χ1) is 13.8. The smallest absolute Gasteiger partial charge is 0.273 e. The third kappa shape index (κ3) is 4.35. The van der Waals surface area contributed by atoms with Crippen molar-refractivity contribution in [1.29, 1.82) is 0 Å². The van der Waals surface area contributed by atoms with Gasteiger partial charge in [-0.3, -0.25) is 4.79 Å². The van der Waals surface area contributed by atoms with Crippen molar-refractivity contribution in [2.45, 2.75) is 19.1 Å². The molecule has 1 unspecified atom stereocenters. The van der Waals surface area contributed by atoms with Gasteiger partial charge in [0.05, 0.1) is 6.54 Å². The zero-order chi connectivity index (χ0) is 19.2. The van der Waals surface area contributed by atoms with Gasteiger partial charge < -0.3 is 14.9 Å². The molecule has 0 saturated heterocycles. The molecule has 0 saturated carbocycles. The summed E-state index contributed by atoms with van der Waals surface area (Å²) < 4.78 is 7.39. The molecule has 0 spiro atoms. The number of hydrogen-bond donors (Lipinski definition) is 1. The van der Waals surface area contributed by atoms with E-state index in [1.807, 2.05) is 42.5 Å². The lowest BCUT2D eigenvalue weighted by Crippen LogP contribution is -2.21. The van der Waals surface area contributed by atoms with Gasteiger partial charge in [0.2, 0.25) is 0 Å². The molecule has 8 nitrogen and oxygen atoms in total. The van der Waals surface area contributed by atoms with Crippen LogP contribution in [0.2, 0.25) is 0 Å². The number of oxime groups is 1. The second-order valence-corrected chi connectivity index (χ2v) is 6.24. The Kier molecular flexibility index (Phi) is 5.28. The monoisotopic (exact) mass is 377 g/mol. The van der Waals surface area contributed by atoms with Crippen molar-refractivity contribution in [3.05, 3.63) is 72.8 Å². The van der Waals surface area contributed by atoms with E-state index in [1.165, 1.54) is 6.33 Å². The van der Waals surface area contributed by atoms with Crippen LogP contribution in [0.1, 0.15) is 18.1 Å². The summed E-state index contributed by atoms with van der Waals surface area (Å²) >= 11 is 0. The molecule has 1 amide bonds. The number of nitrogens with zero attached hydrogens (tertiary/aromatic N) is 4. The highest BCUT2D eigenvalue weighted by atomic mass is 16.6. The van der Waals surface area contributed by atoms with Gasteiger partial charge >= 0.3 is 0 Å². The summed E-state index contributed by atoms with van der Waals surface area (Å²) in [6.45, 7) is 1.03. The molecule has 0 aliphatic carbocycles. The number of rotatable bonds is 7. The van der Waals surface area contributed by atoms with Gasteiger partial charge in [-0.05, 0) is 17.7 Å². The van der Waals surface area contributed by atoms with Crippen molar-refractivity contribution in [2.24, 2.45) is 5.16 Å². The van der Waals surface area contributed by atoms with E-state index in [0.29, 0.717) is 36.7 Å². The minimum atomic E-state index is -0.279. The fourth-order valence-corrected chi connectivity index (χ4v) is 2.83. The molecule has 8 heteroatoms. The number of anilines is 1. The quantitative estimate of drug-likeness (QED) is 0.684. The van der Waals surface area contributed by atoms with E-state index in [4.69, 9.17) is 9.57 Å². The predicted octanol–water partition coefficient (Wildman–Crippen LogP) is 2.81. The fraction of sp³-hybridized carbons (Fsp3) is 0.200. The normalized spacial score (nSPS) is 15.6. The standard InChI is InChI=1S/C20H19N5O3/c26-20(18-12-19(28-24-18)15-5-2-1-3-6-15)23-16-7-4-8-17(11-16)27-10-9-25-14-21-13-22-25/h1-8,11,13-14,19H,9-10,12H2,(H,23,26). The first-order valence-corrected chi connectivity index (χ1v) is 8.92. The van der Waals surface area contributed by atoms with E-state index in [9.17, 15) is 4.79 Å². The Labute approximate surface area is 161 Å². The SMILES string of the molecule is O=C(Nc1cccc(OCCn2cncn2)c1)C1=NOC(c2ccccc2)C1. The van der Waals surface area contributed by atoms with E-state index in [-0.39, 0.29) is 12.0 Å². The highest BCUT2D eigenvalue weighted by Crippen LogP contribution is 2.27. The van der Waals surface area contributed by atoms with Crippen LogP contribution in [0.15, 0.2) is 72.4 Å². The van der Waals surface area contributed by atoms with E-state index < -0.39 is 0 Å². The molecule has 0 bridgehead atoms. The second-order valence-electron chi connectivity index (χ2n) is 6.24. The maximum atomic E-state index is 12.5. The molecule has 3 aromatic rings. The number of ether oxygens (including phenoxy) is 1. The Morgan fingerprint density at radius 2 is 2.11 bits per heavy atom. The maximum absolute atomic E-state index is 12.5. The summed E-state index contributed by atoms with van der Waals surface area (Å²) in [7, 11) is 0. The van der Waals surface area contributed by atoms with Crippen LogP contribution < -0.4 is 10.1 Å². The largest absolute Gasteiger partial charge is 0.492 e. The molecule has 28 heavy (non-hydrogen) atoms. The molecule has 1 aromatic heterocycles. The molecule has 0 radical (unpaired) electrons. The minimum Gasteiger partial charge on any atom is -0.492 e. The summed E-state index contributed by atoms with van der Waals surface area (Å²) in [6.07, 6.45) is 3.32. The summed E-state index contributed by atoms with van der Waals surface area (Å²) in [5.74, 6) is 0.378. The second kappa shape index (κ2) is 8.34. The van der Waals surface area contributed by atoms with Crippen molar-refractivity contribution in [3.8, 4) is 5.75 Å². The van der Waals surface area contributed by atoms with Crippen LogP contribution in [0.25, 0.3) is 0 Å². The van der Waals surface area contributed by atoms with Crippen LogP contribution in [-0.4, -0.2) is 33.0 Å². The Bertz CT molecular complexity index is 957. The maximum Gasteiger partial charge on any atom is 0.273 e. The minimum absolute atomic E-state index is 0.228. The van der Waals surface area contributed by atoms with E-state index in [1.54, 1.807) is 23.1 Å². The lowest BCUT2D eigenvalue weighted by atomic mass is 10.0. The van der Waals surface area contributed by atoms with Gasteiger partial charge in [0.15, 0.2) is 6.10 Å². The molecular formula is C20H19N5O3. The number of carbonyl (C=O) groups excluding carboxylic acids is 1. The van der Waals surface area contributed by atoms with Crippen molar-refractivity contribution in [2.75, 3.05) is 11.9 Å². The molecule has 2 aromatic carbocycles. The number of benzene rings is 2. The molecule has 2 heterocycles. The first kappa shape index (κ1) is 17.7. The average Bonchev–Trinajstić information content (AvgIpc) is 3.41. The number of nitrogens with one attached hydrogen (secondary N) is 1. The van der Waals surface area contributed by atoms with Crippen molar-refractivity contribution in [3.63, 3.8) is 0 Å². The number of carbonyl (C=O) groups is 1. The molecule has 1 N–H and O–H groups in total. The molecule has 142 valence electrons. The van der Waals surface area contributed by atoms with Gasteiger partial charge in [0.25, 0.3) is 5.91 Å². The Morgan fingerprint density at radius 3 is 2.93 bits per heavy atom. The van der Waals surface area contributed by atoms with Gasteiger partial charge in [0, 0.05) is 18.2 Å². The molecular weight excluding hydrogens is 358 g/mol. The summed E-state index contributed by atoms with van der Waals surface area (Å²) in [5.41, 5.74) is 2.00. The van der Waals surface area contributed by atoms with Crippen LogP contribution in [0, 0.1) is 0 Å². The third-order valence-corrected chi connectivity index (χ3v) is 4.25. The van der Waals surface area contributed by atoms with Crippen LogP contribution in [0.5, 0.6) is 5.75 Å². The van der Waals surface area contributed by atoms with Gasteiger partial charge in [-0.1, -0.05) is 41.6 Å². The summed E-state index contributed by atoms with van der Waals surface area (Å²) in [4.78, 5) is 21.8. The number of hydrogen-bond acceptors (Lipinski definition) is 6.